The van der Waals surface area contributed by atoms with Crippen LogP contribution in [0.15, 0.2) is 11.6 Å². The van der Waals surface area contributed by atoms with Crippen molar-refractivity contribution in [2.75, 3.05) is 5.33 Å². The molecule has 15 heavy (non-hydrogen) atoms. The fraction of sp³-hybridized carbons (Fsp3) is 0.750. The van der Waals surface area contributed by atoms with Crippen molar-refractivity contribution in [3.63, 3.8) is 0 Å². The molecule has 0 aromatic carbocycles. The number of unbranched alkanes of at least 4 members (excludes halogenated alkanes) is 4. The Morgan fingerprint density at radius 1 is 1.27 bits per heavy atom. The van der Waals surface area contributed by atoms with E-state index in [1.807, 2.05) is 6.08 Å². The molecule has 0 saturated carbocycles. The van der Waals surface area contributed by atoms with E-state index in [1.165, 1.54) is 0 Å². The summed E-state index contributed by atoms with van der Waals surface area (Å²) >= 11 is 3.36. The number of alkyl halides is 1. The van der Waals surface area contributed by atoms with Gasteiger partial charge in [0.2, 0.25) is 0 Å². The third-order valence-corrected chi connectivity index (χ3v) is 2.86. The first-order valence-electron chi connectivity index (χ1n) is 5.70. The summed E-state index contributed by atoms with van der Waals surface area (Å²) in [6.07, 6.45) is 8.92. The van der Waals surface area contributed by atoms with Gasteiger partial charge in [-0.3, -0.25) is 0 Å². The third-order valence-electron chi connectivity index (χ3n) is 2.30. The molecule has 0 spiro atoms. The molecule has 0 saturated heterocycles. The van der Waals surface area contributed by atoms with Crippen LogP contribution in [0.1, 0.15) is 51.9 Å². The van der Waals surface area contributed by atoms with E-state index in [1.54, 1.807) is 0 Å². The summed E-state index contributed by atoms with van der Waals surface area (Å²) in [7, 11) is 0. The first-order chi connectivity index (χ1) is 7.22. The standard InChI is InChI=1S/C12H21BrO2/c1-2-3-5-8-11(12(14)15)9-6-4-7-10-13/h9H,2-8,10H2,1H3,(H,14,15)/b11-9+. The second-order valence-corrected chi connectivity index (χ2v) is 4.47. The van der Waals surface area contributed by atoms with Crippen molar-refractivity contribution in [1.82, 2.24) is 0 Å². The van der Waals surface area contributed by atoms with Crippen LogP contribution in [0.25, 0.3) is 0 Å². The van der Waals surface area contributed by atoms with E-state index in [-0.39, 0.29) is 0 Å². The second-order valence-electron chi connectivity index (χ2n) is 3.68. The molecule has 0 aromatic rings. The molecule has 0 fully saturated rings. The number of carbonyl (C=O) groups is 1. The lowest BCUT2D eigenvalue weighted by molar-refractivity contribution is -0.132. The monoisotopic (exact) mass is 276 g/mol. The van der Waals surface area contributed by atoms with Gasteiger partial charge in [0.1, 0.15) is 0 Å². The van der Waals surface area contributed by atoms with Crippen LogP contribution in [0.3, 0.4) is 0 Å². The van der Waals surface area contributed by atoms with E-state index in [4.69, 9.17) is 5.11 Å². The van der Waals surface area contributed by atoms with Crippen molar-refractivity contribution in [3.8, 4) is 0 Å². The minimum Gasteiger partial charge on any atom is -0.478 e. The van der Waals surface area contributed by atoms with Crippen LogP contribution < -0.4 is 0 Å². The van der Waals surface area contributed by atoms with Gasteiger partial charge in [-0.2, -0.15) is 0 Å². The van der Waals surface area contributed by atoms with Gasteiger partial charge < -0.3 is 5.11 Å². The molecule has 0 aliphatic heterocycles. The number of hydrogen-bond donors (Lipinski definition) is 1. The molecule has 2 nitrogen and oxygen atoms in total. The Morgan fingerprint density at radius 2 is 2.00 bits per heavy atom. The number of halogens is 1. The van der Waals surface area contributed by atoms with Crippen LogP contribution in [-0.2, 0) is 4.79 Å². The second kappa shape index (κ2) is 10.2. The zero-order valence-electron chi connectivity index (χ0n) is 9.47. The summed E-state index contributed by atoms with van der Waals surface area (Å²) in [4.78, 5) is 10.9. The van der Waals surface area contributed by atoms with Crippen molar-refractivity contribution < 1.29 is 9.90 Å². The highest BCUT2D eigenvalue weighted by atomic mass is 79.9. The minimum atomic E-state index is -0.745. The van der Waals surface area contributed by atoms with E-state index < -0.39 is 5.97 Å². The average Bonchev–Trinajstić information content (AvgIpc) is 2.21. The molecule has 1 N–H and O–H groups in total. The summed E-state index contributed by atoms with van der Waals surface area (Å²) in [5.74, 6) is -0.745. The van der Waals surface area contributed by atoms with Gasteiger partial charge in [0.15, 0.2) is 0 Å². The molecule has 0 atom stereocenters. The number of carboxylic acids is 1. The molecule has 0 radical (unpaired) electrons. The van der Waals surface area contributed by atoms with Gasteiger partial charge in [0, 0.05) is 10.9 Å². The van der Waals surface area contributed by atoms with Crippen molar-refractivity contribution in [3.05, 3.63) is 11.6 Å². The van der Waals surface area contributed by atoms with E-state index in [0.29, 0.717) is 5.57 Å². The molecule has 0 aliphatic carbocycles. The van der Waals surface area contributed by atoms with Gasteiger partial charge in [-0.1, -0.05) is 41.8 Å². The summed E-state index contributed by atoms with van der Waals surface area (Å²) in [6, 6.07) is 0. The van der Waals surface area contributed by atoms with Gasteiger partial charge >= 0.3 is 5.97 Å². The number of carboxylic acid groups (broad SMARTS) is 1. The highest BCUT2D eigenvalue weighted by Gasteiger charge is 2.05. The summed E-state index contributed by atoms with van der Waals surface area (Å²) in [6.45, 7) is 2.13. The molecular weight excluding hydrogens is 256 g/mol. The summed E-state index contributed by atoms with van der Waals surface area (Å²) < 4.78 is 0. The predicted molar refractivity (Wildman–Crippen MR) is 67.5 cm³/mol. The zero-order chi connectivity index (χ0) is 11.5. The summed E-state index contributed by atoms with van der Waals surface area (Å²) in [5.41, 5.74) is 0.595. The quantitative estimate of drug-likeness (QED) is 0.390. The molecule has 0 amide bonds. The molecule has 0 rings (SSSR count). The Morgan fingerprint density at radius 3 is 2.53 bits per heavy atom. The Bertz CT molecular complexity index is 200. The van der Waals surface area contributed by atoms with Gasteiger partial charge in [0.25, 0.3) is 0 Å². The lowest BCUT2D eigenvalue weighted by Crippen LogP contribution is -2.00. The fourth-order valence-electron chi connectivity index (χ4n) is 1.38. The maximum atomic E-state index is 10.9. The van der Waals surface area contributed by atoms with Gasteiger partial charge in [0.05, 0.1) is 0 Å². The van der Waals surface area contributed by atoms with E-state index in [0.717, 1.165) is 50.3 Å². The molecule has 0 aliphatic rings. The summed E-state index contributed by atoms with van der Waals surface area (Å²) in [5, 5.41) is 9.95. The SMILES string of the molecule is CCCCC/C(=C\CCCCBr)C(=O)O. The molecule has 88 valence electrons. The van der Waals surface area contributed by atoms with Crippen LogP contribution in [-0.4, -0.2) is 16.4 Å². The first kappa shape index (κ1) is 14.7. The number of hydrogen-bond acceptors (Lipinski definition) is 1. The van der Waals surface area contributed by atoms with Gasteiger partial charge in [-0.15, -0.1) is 0 Å². The highest BCUT2D eigenvalue weighted by molar-refractivity contribution is 9.09. The van der Waals surface area contributed by atoms with Crippen molar-refractivity contribution in [2.45, 2.75) is 51.9 Å². The van der Waals surface area contributed by atoms with E-state index in [2.05, 4.69) is 22.9 Å². The lowest BCUT2D eigenvalue weighted by Gasteiger charge is -2.01. The van der Waals surface area contributed by atoms with Crippen molar-refractivity contribution in [1.29, 1.82) is 0 Å². The molecule has 0 aromatic heterocycles. The zero-order valence-corrected chi connectivity index (χ0v) is 11.1. The van der Waals surface area contributed by atoms with Crippen LogP contribution in [0, 0.1) is 0 Å². The molecule has 3 heteroatoms. The Hall–Kier alpha value is -0.310. The smallest absolute Gasteiger partial charge is 0.331 e. The maximum Gasteiger partial charge on any atom is 0.331 e. The molecule has 0 heterocycles. The predicted octanol–water partition coefficient (Wildman–Crippen LogP) is 4.14. The maximum absolute atomic E-state index is 10.9. The number of rotatable bonds is 9. The van der Waals surface area contributed by atoms with Crippen LogP contribution in [0.2, 0.25) is 0 Å². The fourth-order valence-corrected chi connectivity index (χ4v) is 1.77. The number of allylic oxidation sites excluding steroid dienone is 1. The van der Waals surface area contributed by atoms with Crippen LogP contribution in [0.4, 0.5) is 0 Å². The first-order valence-corrected chi connectivity index (χ1v) is 6.82. The van der Waals surface area contributed by atoms with Gasteiger partial charge in [-0.05, 0) is 32.1 Å². The van der Waals surface area contributed by atoms with Gasteiger partial charge in [-0.25, -0.2) is 4.79 Å². The number of aliphatic carboxylic acids is 1. The minimum absolute atomic E-state index is 0.595. The largest absolute Gasteiger partial charge is 0.478 e. The Balaban J connectivity index is 3.85. The normalized spacial score (nSPS) is 11.7. The Kier molecular flexibility index (Phi) is 10.0. The highest BCUT2D eigenvalue weighted by Crippen LogP contribution is 2.11. The molecule has 0 unspecified atom stereocenters. The van der Waals surface area contributed by atoms with Crippen LogP contribution >= 0.6 is 15.9 Å². The van der Waals surface area contributed by atoms with E-state index >= 15 is 0 Å². The van der Waals surface area contributed by atoms with Crippen molar-refractivity contribution >= 4 is 21.9 Å². The topological polar surface area (TPSA) is 37.3 Å². The van der Waals surface area contributed by atoms with Crippen molar-refractivity contribution in [2.24, 2.45) is 0 Å². The third kappa shape index (κ3) is 8.67. The van der Waals surface area contributed by atoms with Crippen LogP contribution in [0.5, 0.6) is 0 Å². The van der Waals surface area contributed by atoms with E-state index in [9.17, 15) is 4.79 Å². The molecule has 0 bridgehead atoms. The molecular formula is C12H21BrO2. The Labute approximate surface area is 101 Å². The lowest BCUT2D eigenvalue weighted by atomic mass is 10.1. The average molecular weight is 277 g/mol.